The molecular formula is C25H25N7O5S. The SMILES string of the molecule is COc1c2cccc1-n1cc(c(C)n1)N2Nc1cc(N(OC)c2ccc(S(C)(=O)=O)cc2)ncc1C(N)=O. The number of primary amides is 1. The number of anilines is 5. The molecule has 2 aromatic carbocycles. The van der Waals surface area contributed by atoms with Crippen molar-refractivity contribution in [2.24, 2.45) is 5.73 Å². The molecule has 0 unspecified atom stereocenters. The number of aryl methyl sites for hydroxylation is 1. The first-order valence-electron chi connectivity index (χ1n) is 11.4. The van der Waals surface area contributed by atoms with E-state index in [1.165, 1.54) is 30.5 Å². The Kier molecular flexibility index (Phi) is 6.17. The zero-order chi connectivity index (χ0) is 27.2. The fourth-order valence-corrected chi connectivity index (χ4v) is 4.88. The maximum absolute atomic E-state index is 12.4. The van der Waals surface area contributed by atoms with E-state index in [0.717, 1.165) is 23.3 Å². The van der Waals surface area contributed by atoms with Crippen LogP contribution in [0.4, 0.5) is 28.6 Å². The maximum atomic E-state index is 12.4. The number of sulfone groups is 1. The molecule has 38 heavy (non-hydrogen) atoms. The number of aromatic nitrogens is 3. The third kappa shape index (κ3) is 4.27. The molecule has 1 aliphatic rings. The topological polar surface area (TPSA) is 145 Å². The molecular weight excluding hydrogens is 510 g/mol. The van der Waals surface area contributed by atoms with Crippen molar-refractivity contribution in [1.82, 2.24) is 14.8 Å². The second kappa shape index (κ2) is 9.36. The molecule has 12 nitrogen and oxygen atoms in total. The predicted molar refractivity (Wildman–Crippen MR) is 142 cm³/mol. The van der Waals surface area contributed by atoms with Crippen LogP contribution < -0.4 is 26.0 Å². The smallest absolute Gasteiger partial charge is 0.252 e. The van der Waals surface area contributed by atoms with Crippen LogP contribution in [0.2, 0.25) is 0 Å². The second-order valence-corrected chi connectivity index (χ2v) is 10.5. The van der Waals surface area contributed by atoms with Gasteiger partial charge in [-0.15, -0.1) is 0 Å². The maximum Gasteiger partial charge on any atom is 0.252 e. The lowest BCUT2D eigenvalue weighted by atomic mass is 10.2. The van der Waals surface area contributed by atoms with Gasteiger partial charge in [0.15, 0.2) is 21.4 Å². The Balaban J connectivity index is 1.59. The van der Waals surface area contributed by atoms with Gasteiger partial charge in [0.2, 0.25) is 0 Å². The van der Waals surface area contributed by atoms with Crippen LogP contribution in [-0.4, -0.2) is 49.6 Å². The summed E-state index contributed by atoms with van der Waals surface area (Å²) >= 11 is 0. The summed E-state index contributed by atoms with van der Waals surface area (Å²) in [6.45, 7) is 1.87. The van der Waals surface area contributed by atoms with E-state index in [4.69, 9.17) is 15.3 Å². The Morgan fingerprint density at radius 1 is 1.08 bits per heavy atom. The molecule has 0 saturated carbocycles. The summed E-state index contributed by atoms with van der Waals surface area (Å²) in [6.07, 6.45) is 4.33. The number of hydrogen-bond acceptors (Lipinski definition) is 10. The highest BCUT2D eigenvalue weighted by atomic mass is 32.2. The minimum absolute atomic E-state index is 0.140. The van der Waals surface area contributed by atoms with Gasteiger partial charge in [-0.25, -0.2) is 28.2 Å². The molecule has 1 aliphatic heterocycles. The first-order valence-corrected chi connectivity index (χ1v) is 13.3. The molecule has 0 spiro atoms. The number of carbonyl (C=O) groups excluding carboxylic acids is 1. The van der Waals surface area contributed by atoms with Gasteiger partial charge in [-0.3, -0.25) is 15.1 Å². The van der Waals surface area contributed by atoms with Crippen LogP contribution in [-0.2, 0) is 14.7 Å². The number of hydrogen-bond donors (Lipinski definition) is 2. The minimum Gasteiger partial charge on any atom is -0.492 e. The first-order chi connectivity index (χ1) is 18.1. The fourth-order valence-electron chi connectivity index (χ4n) is 4.25. The summed E-state index contributed by atoms with van der Waals surface area (Å²) in [7, 11) is -0.340. The van der Waals surface area contributed by atoms with Crippen LogP contribution in [0.15, 0.2) is 65.8 Å². The highest BCUT2D eigenvalue weighted by molar-refractivity contribution is 7.90. The van der Waals surface area contributed by atoms with Gasteiger partial charge in [-0.05, 0) is 43.3 Å². The lowest BCUT2D eigenvalue weighted by Gasteiger charge is -2.29. The van der Waals surface area contributed by atoms with Gasteiger partial charge >= 0.3 is 0 Å². The van der Waals surface area contributed by atoms with Crippen molar-refractivity contribution in [3.8, 4) is 11.4 Å². The monoisotopic (exact) mass is 535 g/mol. The number of fused-ring (bicyclic) bond motifs is 5. The second-order valence-electron chi connectivity index (χ2n) is 8.52. The Labute approximate surface area is 219 Å². The number of rotatable bonds is 8. The Morgan fingerprint density at radius 2 is 1.79 bits per heavy atom. The molecule has 3 heterocycles. The number of pyridine rings is 1. The number of methoxy groups -OCH3 is 1. The van der Waals surface area contributed by atoms with Gasteiger partial charge < -0.3 is 10.5 Å². The van der Waals surface area contributed by atoms with Crippen molar-refractivity contribution >= 4 is 44.3 Å². The molecule has 1 amide bonds. The molecule has 0 radical (unpaired) electrons. The molecule has 13 heteroatoms. The van der Waals surface area contributed by atoms with Gasteiger partial charge in [-0.1, -0.05) is 6.07 Å². The van der Waals surface area contributed by atoms with Crippen molar-refractivity contribution in [1.29, 1.82) is 0 Å². The number of carbonyl (C=O) groups is 1. The molecule has 5 rings (SSSR count). The number of benzene rings is 2. The van der Waals surface area contributed by atoms with Crippen molar-refractivity contribution in [3.63, 3.8) is 0 Å². The number of nitrogens with two attached hydrogens (primary N) is 1. The summed E-state index contributed by atoms with van der Waals surface area (Å²) in [4.78, 5) is 22.5. The van der Waals surface area contributed by atoms with Crippen LogP contribution in [0.25, 0.3) is 5.69 Å². The summed E-state index contributed by atoms with van der Waals surface area (Å²) in [5.41, 5.74) is 12.9. The standard InChI is InChI=1S/C25H25N7O5S/c1-15-22-14-30(28-15)20-6-5-7-21(24(20)36-2)31(22)29-19-12-23(27-13-18(19)25(26)33)32(37-3)16-8-10-17(11-9-16)38(4,34)35/h5-14H,1-4H3,(H2,26,33)(H,27,29). The summed E-state index contributed by atoms with van der Waals surface area (Å²) in [5.74, 6) is 0.216. The zero-order valence-electron chi connectivity index (χ0n) is 21.0. The number of hydrazine groups is 1. The van der Waals surface area contributed by atoms with Gasteiger partial charge in [0.05, 0.1) is 47.9 Å². The van der Waals surface area contributed by atoms with Crippen LogP contribution in [0.3, 0.4) is 0 Å². The number of nitrogens with zero attached hydrogens (tertiary/aromatic N) is 5. The number of amides is 1. The van der Waals surface area contributed by atoms with Gasteiger partial charge in [0.25, 0.3) is 5.91 Å². The molecule has 0 saturated heterocycles. The quantitative estimate of drug-likeness (QED) is 0.322. The normalized spacial score (nSPS) is 12.2. The lowest BCUT2D eigenvalue weighted by molar-refractivity contribution is 0.100. The summed E-state index contributed by atoms with van der Waals surface area (Å²) in [6, 6.07) is 13.4. The number of para-hydroxylation sites is 1. The van der Waals surface area contributed by atoms with E-state index >= 15 is 0 Å². The van der Waals surface area contributed by atoms with Crippen LogP contribution in [0, 0.1) is 6.92 Å². The number of nitrogens with one attached hydrogen (secondary N) is 1. The molecule has 0 atom stereocenters. The van der Waals surface area contributed by atoms with Gasteiger partial charge in [0.1, 0.15) is 17.1 Å². The average molecular weight is 536 g/mol. The van der Waals surface area contributed by atoms with E-state index in [1.807, 2.05) is 31.3 Å². The van der Waals surface area contributed by atoms with E-state index in [2.05, 4.69) is 15.5 Å². The van der Waals surface area contributed by atoms with Gasteiger partial charge in [-0.2, -0.15) is 5.10 Å². The van der Waals surface area contributed by atoms with Crippen molar-refractivity contribution in [3.05, 3.63) is 72.2 Å². The van der Waals surface area contributed by atoms with Crippen molar-refractivity contribution < 1.29 is 22.8 Å². The van der Waals surface area contributed by atoms with E-state index in [9.17, 15) is 13.2 Å². The third-order valence-electron chi connectivity index (χ3n) is 6.06. The van der Waals surface area contributed by atoms with E-state index in [-0.39, 0.29) is 10.5 Å². The Hall–Kier alpha value is -4.62. The van der Waals surface area contributed by atoms with Crippen molar-refractivity contribution in [2.75, 3.05) is 36.0 Å². The molecule has 4 bridgehead atoms. The predicted octanol–water partition coefficient (Wildman–Crippen LogP) is 3.26. The summed E-state index contributed by atoms with van der Waals surface area (Å²) in [5, 5.41) is 7.75. The Bertz CT molecular complexity index is 1650. The highest BCUT2D eigenvalue weighted by Crippen LogP contribution is 2.43. The summed E-state index contributed by atoms with van der Waals surface area (Å²) < 4.78 is 31.2. The Morgan fingerprint density at radius 3 is 2.42 bits per heavy atom. The van der Waals surface area contributed by atoms with Crippen molar-refractivity contribution in [2.45, 2.75) is 11.8 Å². The first kappa shape index (κ1) is 25.0. The average Bonchev–Trinajstić information content (AvgIpc) is 3.25. The molecule has 196 valence electrons. The van der Waals surface area contributed by atoms with E-state index < -0.39 is 15.7 Å². The highest BCUT2D eigenvalue weighted by Gasteiger charge is 2.28. The molecule has 2 aromatic heterocycles. The lowest BCUT2D eigenvalue weighted by Crippen LogP contribution is -2.28. The molecule has 0 aliphatic carbocycles. The largest absolute Gasteiger partial charge is 0.492 e. The fraction of sp³-hybridized carbons (Fsp3) is 0.160. The molecule has 0 fully saturated rings. The van der Waals surface area contributed by atoms with E-state index in [1.54, 1.807) is 35.0 Å². The molecule has 3 N–H and O–H groups in total. The molecule has 4 aromatic rings. The van der Waals surface area contributed by atoms with E-state index in [0.29, 0.717) is 28.6 Å². The zero-order valence-corrected chi connectivity index (χ0v) is 21.9. The minimum atomic E-state index is -3.36. The van der Waals surface area contributed by atoms with Crippen LogP contribution in [0.5, 0.6) is 5.75 Å². The van der Waals surface area contributed by atoms with Gasteiger partial charge in [0, 0.05) is 18.5 Å². The van der Waals surface area contributed by atoms with Crippen LogP contribution in [0.1, 0.15) is 16.1 Å². The third-order valence-corrected chi connectivity index (χ3v) is 7.18. The number of ether oxygens (including phenoxy) is 1. The van der Waals surface area contributed by atoms with Crippen LogP contribution >= 0.6 is 0 Å².